The van der Waals surface area contributed by atoms with Crippen LogP contribution in [0.25, 0.3) is 27.9 Å². The Bertz CT molecular complexity index is 2050. The summed E-state index contributed by atoms with van der Waals surface area (Å²) in [6, 6.07) is 31.1. The van der Waals surface area contributed by atoms with Crippen LogP contribution in [-0.4, -0.2) is 38.4 Å². The number of pyridine rings is 1. The van der Waals surface area contributed by atoms with Crippen LogP contribution >= 0.6 is 11.6 Å². The van der Waals surface area contributed by atoms with Crippen molar-refractivity contribution in [3.8, 4) is 27.9 Å². The van der Waals surface area contributed by atoms with Gasteiger partial charge in [0.2, 0.25) is 11.9 Å². The summed E-state index contributed by atoms with van der Waals surface area (Å²) < 4.78 is 18.8. The molecule has 4 aromatic carbocycles. The first-order valence-electron chi connectivity index (χ1n) is 14.2. The lowest BCUT2D eigenvalue weighted by Gasteiger charge is -2.18. The number of aromatic nitrogens is 5. The average molecular weight is 619 g/mol. The number of carboxylic acids is 1. The summed E-state index contributed by atoms with van der Waals surface area (Å²) in [6.07, 6.45) is 4.11. The van der Waals surface area contributed by atoms with Crippen LogP contribution in [0.15, 0.2) is 116 Å². The number of hydrogen-bond donors (Lipinski definition) is 1. The second-order valence-corrected chi connectivity index (χ2v) is 11.4. The summed E-state index contributed by atoms with van der Waals surface area (Å²) >= 11 is 6.42. The van der Waals surface area contributed by atoms with Crippen molar-refractivity contribution in [1.82, 2.24) is 20.2 Å². The molecule has 0 amide bonds. The van der Waals surface area contributed by atoms with Gasteiger partial charge in [0.25, 0.3) is 0 Å². The molecule has 7 rings (SSSR count). The molecule has 2 atom stereocenters. The van der Waals surface area contributed by atoms with Crippen LogP contribution in [0.2, 0.25) is 5.02 Å². The molecule has 1 aliphatic rings. The number of rotatable bonds is 8. The zero-order valence-electron chi connectivity index (χ0n) is 24.0. The first-order valence-corrected chi connectivity index (χ1v) is 14.6. The van der Waals surface area contributed by atoms with Gasteiger partial charge in [0, 0.05) is 27.3 Å². The third-order valence-electron chi connectivity index (χ3n) is 8.45. The SMILES string of the molecule is CO[n+]1cc(-c2cc(Cl)ccc2-n2cnnn2)ccc1C1(c2cc(F)cc(-c3cccc(C(=O)O)c3)c2)C[C@H]1c1ccccc1. The Hall–Kier alpha value is -5.41. The number of tetrazole rings is 1. The van der Waals surface area contributed by atoms with E-state index in [0.29, 0.717) is 22.6 Å². The molecular formula is C35H26ClFN5O3+. The quantitative estimate of drug-likeness (QED) is 0.201. The van der Waals surface area contributed by atoms with Crippen molar-refractivity contribution in [2.75, 3.05) is 7.11 Å². The van der Waals surface area contributed by atoms with Gasteiger partial charge >= 0.3 is 5.97 Å². The van der Waals surface area contributed by atoms with E-state index in [1.807, 2.05) is 54.7 Å². The van der Waals surface area contributed by atoms with Crippen LogP contribution in [0, 0.1) is 5.82 Å². The van der Waals surface area contributed by atoms with Gasteiger partial charge < -0.3 is 5.11 Å². The summed E-state index contributed by atoms with van der Waals surface area (Å²) in [6.45, 7) is 0. The molecule has 2 heterocycles. The van der Waals surface area contributed by atoms with Crippen molar-refractivity contribution >= 4 is 17.6 Å². The third-order valence-corrected chi connectivity index (χ3v) is 8.69. The first kappa shape index (κ1) is 28.4. The molecule has 0 radical (unpaired) electrons. The summed E-state index contributed by atoms with van der Waals surface area (Å²) in [4.78, 5) is 17.6. The van der Waals surface area contributed by atoms with Gasteiger partial charge in [-0.2, -0.15) is 4.68 Å². The fourth-order valence-electron chi connectivity index (χ4n) is 6.29. The largest absolute Gasteiger partial charge is 0.478 e. The minimum Gasteiger partial charge on any atom is -0.478 e. The number of hydrogen-bond acceptors (Lipinski definition) is 5. The molecule has 0 spiro atoms. The van der Waals surface area contributed by atoms with Crippen molar-refractivity contribution in [1.29, 1.82) is 0 Å². The molecule has 1 aliphatic carbocycles. The Balaban J connectivity index is 1.39. The van der Waals surface area contributed by atoms with Crippen molar-refractivity contribution < 1.29 is 23.9 Å². The average Bonchev–Trinajstić information content (AvgIpc) is 3.59. The lowest BCUT2D eigenvalue weighted by Crippen LogP contribution is -2.47. The molecule has 1 N–H and O–H groups in total. The second-order valence-electron chi connectivity index (χ2n) is 11.0. The van der Waals surface area contributed by atoms with Gasteiger partial charge in [0.15, 0.2) is 0 Å². The van der Waals surface area contributed by atoms with E-state index >= 15 is 4.39 Å². The van der Waals surface area contributed by atoms with Gasteiger partial charge in [0.05, 0.1) is 22.2 Å². The van der Waals surface area contributed by atoms with E-state index in [1.165, 1.54) is 18.5 Å². The Labute approximate surface area is 262 Å². The number of carbonyl (C=O) groups is 1. The fourth-order valence-corrected chi connectivity index (χ4v) is 6.47. The Morgan fingerprint density at radius 2 is 1.82 bits per heavy atom. The van der Waals surface area contributed by atoms with Crippen molar-refractivity contribution in [3.05, 3.63) is 149 Å². The van der Waals surface area contributed by atoms with Gasteiger partial charge in [-0.1, -0.05) is 54.1 Å². The molecule has 2 aromatic heterocycles. The molecule has 6 aromatic rings. The highest BCUT2D eigenvalue weighted by atomic mass is 35.5. The molecule has 0 aliphatic heterocycles. The van der Waals surface area contributed by atoms with Crippen LogP contribution in [-0.2, 0) is 5.41 Å². The number of nitrogens with zero attached hydrogens (tertiary/aromatic N) is 5. The maximum absolute atomic E-state index is 15.5. The third kappa shape index (κ3) is 5.11. The van der Waals surface area contributed by atoms with E-state index in [1.54, 1.807) is 46.9 Å². The van der Waals surface area contributed by atoms with Gasteiger partial charge in [-0.25, -0.2) is 9.18 Å². The van der Waals surface area contributed by atoms with Crippen LogP contribution < -0.4 is 9.57 Å². The molecule has 0 saturated heterocycles. The summed E-state index contributed by atoms with van der Waals surface area (Å²) in [7, 11) is 1.59. The van der Waals surface area contributed by atoms with Crippen LogP contribution in [0.4, 0.5) is 4.39 Å². The predicted octanol–water partition coefficient (Wildman–Crippen LogP) is 6.31. The van der Waals surface area contributed by atoms with Gasteiger partial charge in [-0.15, -0.1) is 5.10 Å². The molecule has 1 saturated carbocycles. The first-order chi connectivity index (χ1) is 21.9. The van der Waals surface area contributed by atoms with Gasteiger partial charge in [-0.05, 0) is 93.7 Å². The molecule has 10 heteroatoms. The summed E-state index contributed by atoms with van der Waals surface area (Å²) in [5.41, 5.74) is 5.79. The monoisotopic (exact) mass is 618 g/mol. The highest BCUT2D eigenvalue weighted by molar-refractivity contribution is 6.31. The number of aromatic carboxylic acids is 1. The normalized spacial score (nSPS) is 17.2. The lowest BCUT2D eigenvalue weighted by atomic mass is 9.85. The van der Waals surface area contributed by atoms with Crippen molar-refractivity contribution in [2.45, 2.75) is 17.8 Å². The minimum atomic E-state index is -1.04. The van der Waals surface area contributed by atoms with Gasteiger partial charge in [-0.3, -0.25) is 4.84 Å². The van der Waals surface area contributed by atoms with E-state index in [4.69, 9.17) is 16.4 Å². The minimum absolute atomic E-state index is 0.0360. The van der Waals surface area contributed by atoms with E-state index in [2.05, 4.69) is 27.7 Å². The predicted molar refractivity (Wildman–Crippen MR) is 166 cm³/mol. The smallest absolute Gasteiger partial charge is 0.335 e. The summed E-state index contributed by atoms with van der Waals surface area (Å²) in [5, 5.41) is 21.7. The molecule has 0 bridgehead atoms. The zero-order chi connectivity index (χ0) is 31.1. The van der Waals surface area contributed by atoms with Crippen molar-refractivity contribution in [2.24, 2.45) is 0 Å². The van der Waals surface area contributed by atoms with Crippen LogP contribution in [0.1, 0.15) is 39.5 Å². The van der Waals surface area contributed by atoms with E-state index in [-0.39, 0.29) is 11.5 Å². The van der Waals surface area contributed by atoms with E-state index in [0.717, 1.165) is 33.6 Å². The molecule has 1 unspecified atom stereocenters. The Kier molecular flexibility index (Phi) is 7.10. The standard InChI is InChI=1S/C35H25ClFN5O3/c1-45-42-20-25(30-18-28(36)11-12-32(30)41-21-38-39-40-41)10-13-33(42)35(19-31(35)22-6-3-2-4-7-22)27-15-26(16-29(37)17-27)23-8-5-9-24(14-23)34(43)44/h2-18,20-21,31H,19H2,1H3/p+1/t31-,35?/m0/s1. The maximum atomic E-state index is 15.5. The molecule has 8 nitrogen and oxygen atoms in total. The zero-order valence-corrected chi connectivity index (χ0v) is 24.8. The molecule has 1 fully saturated rings. The molecule has 45 heavy (non-hydrogen) atoms. The van der Waals surface area contributed by atoms with Crippen LogP contribution in [0.3, 0.4) is 0 Å². The Morgan fingerprint density at radius 3 is 2.58 bits per heavy atom. The molecular weight excluding hydrogens is 593 g/mol. The van der Waals surface area contributed by atoms with Gasteiger partial charge in [0.1, 0.15) is 19.3 Å². The summed E-state index contributed by atoms with van der Waals surface area (Å²) in [5.74, 6) is -1.42. The lowest BCUT2D eigenvalue weighted by molar-refractivity contribution is -0.891. The van der Waals surface area contributed by atoms with Crippen molar-refractivity contribution in [3.63, 3.8) is 0 Å². The number of halogens is 2. The van der Waals surface area contributed by atoms with E-state index in [9.17, 15) is 9.90 Å². The van der Waals surface area contributed by atoms with Crippen LogP contribution in [0.5, 0.6) is 0 Å². The Morgan fingerprint density at radius 1 is 0.978 bits per heavy atom. The van der Waals surface area contributed by atoms with E-state index < -0.39 is 17.2 Å². The molecule has 222 valence electrons. The number of carboxylic acid groups (broad SMARTS) is 1. The maximum Gasteiger partial charge on any atom is 0.335 e. The highest BCUT2D eigenvalue weighted by Gasteiger charge is 2.63. The number of benzene rings is 4. The second kappa shape index (κ2) is 11.3. The topological polar surface area (TPSA) is 94.0 Å². The fraction of sp³-hybridized carbons (Fsp3) is 0.114. The highest BCUT2D eigenvalue weighted by Crippen LogP contribution is 2.64.